The number of amides is 1. The zero-order valence-corrected chi connectivity index (χ0v) is 22.5. The van der Waals surface area contributed by atoms with Crippen LogP contribution in [0.15, 0.2) is 48.7 Å². The van der Waals surface area contributed by atoms with Gasteiger partial charge in [-0.1, -0.05) is 48.0 Å². The fourth-order valence-corrected chi connectivity index (χ4v) is 6.16. The van der Waals surface area contributed by atoms with Crippen molar-refractivity contribution in [2.45, 2.75) is 63.1 Å². The number of fused-ring (bicyclic) bond motifs is 3. The summed E-state index contributed by atoms with van der Waals surface area (Å²) in [6.45, 7) is 4.36. The maximum absolute atomic E-state index is 12.8. The lowest BCUT2D eigenvalue weighted by Crippen LogP contribution is -2.54. The lowest BCUT2D eigenvalue weighted by molar-refractivity contribution is -0.174. The van der Waals surface area contributed by atoms with Gasteiger partial charge in [-0.25, -0.2) is 4.79 Å². The van der Waals surface area contributed by atoms with E-state index in [0.29, 0.717) is 17.4 Å². The number of hydrogen-bond acceptors (Lipinski definition) is 5. The lowest BCUT2D eigenvalue weighted by atomic mass is 9.62. The maximum Gasteiger partial charge on any atom is 0.413 e. The van der Waals surface area contributed by atoms with Crippen molar-refractivity contribution < 1.29 is 24.2 Å². The second kappa shape index (κ2) is 10.1. The normalized spacial score (nSPS) is 23.2. The molecule has 0 radical (unpaired) electrons. The van der Waals surface area contributed by atoms with Crippen molar-refractivity contribution in [3.63, 3.8) is 0 Å². The van der Waals surface area contributed by atoms with E-state index < -0.39 is 23.8 Å². The minimum atomic E-state index is -0.803. The van der Waals surface area contributed by atoms with E-state index in [1.165, 1.54) is 5.56 Å². The van der Waals surface area contributed by atoms with Gasteiger partial charge in [-0.3, -0.25) is 14.8 Å². The molecular weight excluding hydrogens is 506 g/mol. The number of nitrogens with one attached hydrogen (secondary N) is 1. The number of carbonyl (C=O) groups excluding carboxylic acids is 1. The average molecular weight is 538 g/mol. The highest BCUT2D eigenvalue weighted by Gasteiger charge is 2.51. The predicted octanol–water partition coefficient (Wildman–Crippen LogP) is 6.41. The summed E-state index contributed by atoms with van der Waals surface area (Å²) in [7, 11) is 1.77. The zero-order chi connectivity index (χ0) is 27.1. The van der Waals surface area contributed by atoms with E-state index in [1.807, 2.05) is 25.1 Å². The summed E-state index contributed by atoms with van der Waals surface area (Å²) in [5.41, 5.74) is 4.12. The highest BCUT2D eigenvalue weighted by molar-refractivity contribution is 6.31. The van der Waals surface area contributed by atoms with Gasteiger partial charge in [0.25, 0.3) is 0 Å². The molecule has 3 fully saturated rings. The Hall–Kier alpha value is -3.36. The number of rotatable bonds is 7. The molecule has 2 bridgehead atoms. The molecule has 200 valence electrons. The molecular formula is C29H32ClN3O5. The Balaban J connectivity index is 1.33. The second-order valence-electron chi connectivity index (χ2n) is 10.6. The summed E-state index contributed by atoms with van der Waals surface area (Å²) < 4.78 is 13.4. The fraction of sp³-hybridized carbons (Fsp3) is 0.414. The number of carbonyl (C=O) groups is 2. The van der Waals surface area contributed by atoms with Crippen LogP contribution in [0.1, 0.15) is 61.8 Å². The third-order valence-electron chi connectivity index (χ3n) is 8.16. The molecule has 1 amide bonds. The Bertz CT molecular complexity index is 1360. The van der Waals surface area contributed by atoms with E-state index in [0.717, 1.165) is 47.9 Å². The van der Waals surface area contributed by atoms with Crippen LogP contribution in [0.25, 0.3) is 11.1 Å². The quantitative estimate of drug-likeness (QED) is 0.361. The molecule has 3 aromatic rings. The standard InChI is InChI=1S/C29H32ClN3O5/c1-18-14-20(28-10-12-29(13-11-28,37-17-28)15-25(34)35)8-9-21(18)23-16-31-33(3)26(23)32-27(36)38-19(2)22-6-4-5-7-24(22)30/h4-9,14,16,19H,10-13,15,17H2,1-3H3,(H,32,36)(H,34,35)/t19-,28?,29?/m1/s1. The molecule has 1 atom stereocenters. The van der Waals surface area contributed by atoms with E-state index in [2.05, 4.69) is 28.6 Å². The number of nitrogens with zero attached hydrogens (tertiary/aromatic N) is 2. The van der Waals surface area contributed by atoms with Gasteiger partial charge in [-0.15, -0.1) is 0 Å². The number of ether oxygens (including phenoxy) is 2. The van der Waals surface area contributed by atoms with Crippen molar-refractivity contribution in [3.05, 3.63) is 70.4 Å². The molecule has 3 heterocycles. The van der Waals surface area contributed by atoms with Gasteiger partial charge in [0, 0.05) is 28.6 Å². The molecule has 1 saturated carbocycles. The Morgan fingerprint density at radius 3 is 2.55 bits per heavy atom. The number of carboxylic acid groups (broad SMARTS) is 1. The summed E-state index contributed by atoms with van der Waals surface area (Å²) in [5, 5.41) is 17.1. The van der Waals surface area contributed by atoms with Crippen LogP contribution in [0.5, 0.6) is 0 Å². The third-order valence-corrected chi connectivity index (χ3v) is 8.51. The van der Waals surface area contributed by atoms with Gasteiger partial charge in [0.1, 0.15) is 11.9 Å². The first-order chi connectivity index (χ1) is 18.1. The summed E-state index contributed by atoms with van der Waals surface area (Å²) in [5.74, 6) is -0.268. The van der Waals surface area contributed by atoms with Crippen LogP contribution in [-0.4, -0.2) is 39.2 Å². The number of carboxylic acids is 1. The molecule has 2 aromatic carbocycles. The molecule has 2 aliphatic heterocycles. The molecule has 1 aliphatic carbocycles. The van der Waals surface area contributed by atoms with Gasteiger partial charge in [0.15, 0.2) is 0 Å². The highest BCUT2D eigenvalue weighted by Crippen LogP contribution is 2.52. The van der Waals surface area contributed by atoms with Crippen LogP contribution in [0, 0.1) is 6.92 Å². The van der Waals surface area contributed by atoms with E-state index in [1.54, 1.807) is 30.9 Å². The van der Waals surface area contributed by atoms with E-state index in [4.69, 9.17) is 21.1 Å². The number of anilines is 1. The maximum atomic E-state index is 12.8. The highest BCUT2D eigenvalue weighted by atomic mass is 35.5. The first-order valence-corrected chi connectivity index (χ1v) is 13.2. The Labute approximate surface area is 226 Å². The Morgan fingerprint density at radius 2 is 1.92 bits per heavy atom. The van der Waals surface area contributed by atoms with Gasteiger partial charge in [0.2, 0.25) is 0 Å². The van der Waals surface area contributed by atoms with Gasteiger partial charge >= 0.3 is 12.1 Å². The first-order valence-electron chi connectivity index (χ1n) is 12.8. The Morgan fingerprint density at radius 1 is 1.18 bits per heavy atom. The van der Waals surface area contributed by atoms with Crippen molar-refractivity contribution >= 4 is 29.5 Å². The van der Waals surface area contributed by atoms with Crippen molar-refractivity contribution in [2.75, 3.05) is 11.9 Å². The molecule has 9 heteroatoms. The minimum Gasteiger partial charge on any atom is -0.481 e. The molecule has 0 unspecified atom stereocenters. The van der Waals surface area contributed by atoms with E-state index >= 15 is 0 Å². The molecule has 6 rings (SSSR count). The summed E-state index contributed by atoms with van der Waals surface area (Å²) in [4.78, 5) is 24.1. The predicted molar refractivity (Wildman–Crippen MR) is 144 cm³/mol. The number of halogens is 1. The lowest BCUT2D eigenvalue weighted by Gasteiger charge is -2.53. The number of hydrogen-bond donors (Lipinski definition) is 2. The van der Waals surface area contributed by atoms with Crippen molar-refractivity contribution in [1.82, 2.24) is 9.78 Å². The monoisotopic (exact) mass is 537 g/mol. The molecule has 1 aromatic heterocycles. The van der Waals surface area contributed by atoms with Gasteiger partial charge < -0.3 is 14.6 Å². The molecule has 2 saturated heterocycles. The van der Waals surface area contributed by atoms with Crippen molar-refractivity contribution in [3.8, 4) is 11.1 Å². The Kier molecular flexibility index (Phi) is 6.96. The number of aryl methyl sites for hydroxylation is 2. The fourth-order valence-electron chi connectivity index (χ4n) is 5.87. The molecule has 38 heavy (non-hydrogen) atoms. The molecule has 2 N–H and O–H groups in total. The van der Waals surface area contributed by atoms with Crippen LogP contribution in [0.2, 0.25) is 5.02 Å². The van der Waals surface area contributed by atoms with E-state index in [9.17, 15) is 14.7 Å². The number of aliphatic carboxylic acids is 1. The van der Waals surface area contributed by atoms with Gasteiger partial charge in [-0.05, 0) is 62.3 Å². The molecule has 8 nitrogen and oxygen atoms in total. The third kappa shape index (κ3) is 4.90. The summed E-state index contributed by atoms with van der Waals surface area (Å²) in [6, 6.07) is 13.6. The summed E-state index contributed by atoms with van der Waals surface area (Å²) >= 11 is 6.25. The van der Waals surface area contributed by atoms with Gasteiger partial charge in [0.05, 0.1) is 24.8 Å². The van der Waals surface area contributed by atoms with Crippen molar-refractivity contribution in [1.29, 1.82) is 0 Å². The van der Waals surface area contributed by atoms with Crippen LogP contribution in [0.3, 0.4) is 0 Å². The smallest absolute Gasteiger partial charge is 0.413 e. The van der Waals surface area contributed by atoms with Crippen LogP contribution in [0.4, 0.5) is 10.6 Å². The van der Waals surface area contributed by atoms with Crippen molar-refractivity contribution in [2.24, 2.45) is 7.05 Å². The summed E-state index contributed by atoms with van der Waals surface area (Å²) in [6.07, 6.45) is 4.01. The number of aromatic nitrogens is 2. The average Bonchev–Trinajstić information content (AvgIpc) is 3.24. The van der Waals surface area contributed by atoms with E-state index in [-0.39, 0.29) is 11.8 Å². The topological polar surface area (TPSA) is 103 Å². The van der Waals surface area contributed by atoms with Gasteiger partial charge in [-0.2, -0.15) is 5.10 Å². The first kappa shape index (κ1) is 26.3. The van der Waals surface area contributed by atoms with Crippen LogP contribution in [-0.2, 0) is 26.7 Å². The largest absolute Gasteiger partial charge is 0.481 e. The van der Waals surface area contributed by atoms with Crippen LogP contribution >= 0.6 is 11.6 Å². The SMILES string of the molecule is Cc1cc(C23CCC(CC(=O)O)(CC2)OC3)ccc1-c1cnn(C)c1NC(=O)O[C@H](C)c1ccccc1Cl. The van der Waals surface area contributed by atoms with Crippen LogP contribution < -0.4 is 5.32 Å². The molecule has 0 spiro atoms. The number of benzene rings is 2. The second-order valence-corrected chi connectivity index (χ2v) is 11.0. The molecule has 3 aliphatic rings. The minimum absolute atomic E-state index is 0.0669. The zero-order valence-electron chi connectivity index (χ0n) is 21.8.